The minimum atomic E-state index is -0.637. The molecule has 3 N–H and O–H groups in total. The van der Waals surface area contributed by atoms with Crippen LogP contribution in [0.25, 0.3) is 0 Å². The Morgan fingerprint density at radius 3 is 2.24 bits per heavy atom. The molecule has 3 atom stereocenters. The molecule has 0 bridgehead atoms. The number of thiazole rings is 1. The summed E-state index contributed by atoms with van der Waals surface area (Å²) in [6.45, 7) is 12.6. The first-order chi connectivity index (χ1) is 15.7. The van der Waals surface area contributed by atoms with Crippen LogP contribution >= 0.6 is 11.3 Å². The monoisotopic (exact) mass is 470 g/mol. The number of hydrogen-bond acceptors (Lipinski definition) is 5. The van der Waals surface area contributed by atoms with Gasteiger partial charge in [0, 0.05) is 18.1 Å². The van der Waals surface area contributed by atoms with Gasteiger partial charge in [0.05, 0.1) is 12.1 Å². The zero-order valence-corrected chi connectivity index (χ0v) is 21.4. The molecule has 3 unspecified atom stereocenters. The number of carbonyl (C=O) groups is 2. The first kappa shape index (κ1) is 26.7. The molecule has 2 aromatic rings. The van der Waals surface area contributed by atoms with Crippen molar-refractivity contribution in [1.29, 1.82) is 0 Å². The maximum Gasteiger partial charge on any atom is 0.243 e. The van der Waals surface area contributed by atoms with Gasteiger partial charge in [0.1, 0.15) is 11.0 Å². The number of rotatable bonds is 12. The van der Waals surface area contributed by atoms with E-state index in [0.717, 1.165) is 10.6 Å². The molecule has 6 nitrogen and oxygen atoms in total. The number of nitrogens with one attached hydrogen (secondary N) is 3. The van der Waals surface area contributed by atoms with Crippen molar-refractivity contribution in [2.45, 2.75) is 66.1 Å². The molecule has 2 amide bonds. The summed E-state index contributed by atoms with van der Waals surface area (Å²) >= 11 is 1.52. The lowest BCUT2D eigenvalue weighted by molar-refractivity contribution is -0.131. The lowest BCUT2D eigenvalue weighted by atomic mass is 9.99. The fourth-order valence-electron chi connectivity index (χ4n) is 3.45. The summed E-state index contributed by atoms with van der Waals surface area (Å²) in [6.07, 6.45) is 4.35. The summed E-state index contributed by atoms with van der Waals surface area (Å²) in [6, 6.07) is 8.64. The van der Waals surface area contributed by atoms with Crippen LogP contribution in [0.3, 0.4) is 0 Å². The second-order valence-corrected chi connectivity index (χ2v) is 10.2. The predicted octanol–water partition coefficient (Wildman–Crippen LogP) is 4.26. The Balaban J connectivity index is 2.14. The zero-order valence-electron chi connectivity index (χ0n) is 20.6. The normalized spacial score (nSPS) is 13.9. The fourth-order valence-corrected chi connectivity index (χ4v) is 4.31. The van der Waals surface area contributed by atoms with E-state index in [1.807, 2.05) is 63.4 Å². The Bertz CT molecular complexity index is 890. The summed E-state index contributed by atoms with van der Waals surface area (Å²) in [7, 11) is 0. The standard InChI is InChI=1S/C26H38N4O2S/c1-17(2)12-13-27-21(16-20-10-8-7-9-11-20)24(31)29-22(18(3)4)25(32)30-23(19(5)6)26-28-14-15-33-26/h7-12,14-15,18-19,21-23,27H,13,16H2,1-6H3,(H,29,31)(H,30,32). The van der Waals surface area contributed by atoms with Crippen molar-refractivity contribution in [3.8, 4) is 0 Å². The molecular weight excluding hydrogens is 432 g/mol. The smallest absolute Gasteiger partial charge is 0.243 e. The van der Waals surface area contributed by atoms with Crippen molar-refractivity contribution < 1.29 is 9.59 Å². The quantitative estimate of drug-likeness (QED) is 0.405. The predicted molar refractivity (Wildman–Crippen MR) is 136 cm³/mol. The van der Waals surface area contributed by atoms with Crippen LogP contribution in [0.15, 0.2) is 53.6 Å². The molecular formula is C26H38N4O2S. The van der Waals surface area contributed by atoms with E-state index in [9.17, 15) is 9.59 Å². The van der Waals surface area contributed by atoms with Crippen molar-refractivity contribution in [3.05, 3.63) is 64.1 Å². The van der Waals surface area contributed by atoms with E-state index in [0.29, 0.717) is 13.0 Å². The highest BCUT2D eigenvalue weighted by Gasteiger charge is 2.30. The van der Waals surface area contributed by atoms with Gasteiger partial charge in [0.15, 0.2) is 0 Å². The number of carbonyl (C=O) groups excluding carboxylic acids is 2. The summed E-state index contributed by atoms with van der Waals surface area (Å²) < 4.78 is 0. The van der Waals surface area contributed by atoms with E-state index in [1.54, 1.807) is 6.20 Å². The molecule has 1 aromatic carbocycles. The summed E-state index contributed by atoms with van der Waals surface area (Å²) in [4.78, 5) is 30.9. The first-order valence-corrected chi connectivity index (χ1v) is 12.5. The number of benzene rings is 1. The second kappa shape index (κ2) is 13.3. The third kappa shape index (κ3) is 8.74. The van der Waals surface area contributed by atoms with Crippen molar-refractivity contribution in [3.63, 3.8) is 0 Å². The molecule has 7 heteroatoms. The Hall–Kier alpha value is -2.51. The third-order valence-corrected chi connectivity index (χ3v) is 6.26. The van der Waals surface area contributed by atoms with E-state index in [2.05, 4.69) is 40.9 Å². The Labute approximate surface area is 202 Å². The number of allylic oxidation sites excluding steroid dienone is 1. The molecule has 0 radical (unpaired) electrons. The minimum Gasteiger partial charge on any atom is -0.345 e. The van der Waals surface area contributed by atoms with Crippen molar-refractivity contribution >= 4 is 23.2 Å². The van der Waals surface area contributed by atoms with E-state index in [1.165, 1.54) is 16.9 Å². The summed E-state index contributed by atoms with van der Waals surface area (Å²) in [5.74, 6) is -0.242. The van der Waals surface area contributed by atoms with Gasteiger partial charge in [-0.15, -0.1) is 11.3 Å². The van der Waals surface area contributed by atoms with Crippen molar-refractivity contribution in [2.24, 2.45) is 11.8 Å². The Morgan fingerprint density at radius 1 is 1.00 bits per heavy atom. The highest BCUT2D eigenvalue weighted by molar-refractivity contribution is 7.09. The number of nitrogens with zero attached hydrogens (tertiary/aromatic N) is 1. The average Bonchev–Trinajstić information content (AvgIpc) is 3.29. The highest BCUT2D eigenvalue weighted by Crippen LogP contribution is 2.24. The molecule has 0 spiro atoms. The van der Waals surface area contributed by atoms with Crippen LogP contribution in [0.1, 0.15) is 58.2 Å². The molecule has 0 aliphatic carbocycles. The number of hydrogen-bond donors (Lipinski definition) is 3. The molecule has 1 heterocycles. The average molecular weight is 471 g/mol. The van der Waals surface area contributed by atoms with Gasteiger partial charge in [-0.3, -0.25) is 9.59 Å². The van der Waals surface area contributed by atoms with Crippen molar-refractivity contribution in [2.75, 3.05) is 6.54 Å². The van der Waals surface area contributed by atoms with Gasteiger partial charge >= 0.3 is 0 Å². The molecule has 2 rings (SSSR count). The minimum absolute atomic E-state index is 0.0618. The van der Waals surface area contributed by atoms with Crippen LogP contribution in [-0.2, 0) is 16.0 Å². The van der Waals surface area contributed by atoms with Crippen LogP contribution in [0, 0.1) is 11.8 Å². The van der Waals surface area contributed by atoms with Gasteiger partial charge < -0.3 is 16.0 Å². The van der Waals surface area contributed by atoms with Gasteiger partial charge in [-0.1, -0.05) is 69.7 Å². The maximum absolute atomic E-state index is 13.3. The largest absolute Gasteiger partial charge is 0.345 e. The number of aromatic nitrogens is 1. The van der Waals surface area contributed by atoms with Crippen LogP contribution in [0.5, 0.6) is 0 Å². The van der Waals surface area contributed by atoms with Crippen LogP contribution < -0.4 is 16.0 Å². The first-order valence-electron chi connectivity index (χ1n) is 11.6. The van der Waals surface area contributed by atoms with Gasteiger partial charge in [-0.2, -0.15) is 0 Å². The van der Waals surface area contributed by atoms with Crippen LogP contribution in [0.2, 0.25) is 0 Å². The van der Waals surface area contributed by atoms with Crippen LogP contribution in [0.4, 0.5) is 0 Å². The lowest BCUT2D eigenvalue weighted by Gasteiger charge is -2.28. The maximum atomic E-state index is 13.3. The summed E-state index contributed by atoms with van der Waals surface area (Å²) in [5, 5.41) is 12.2. The third-order valence-electron chi connectivity index (χ3n) is 5.40. The Morgan fingerprint density at radius 2 is 1.70 bits per heavy atom. The van der Waals surface area contributed by atoms with Gasteiger partial charge in [-0.25, -0.2) is 4.98 Å². The topological polar surface area (TPSA) is 83.1 Å². The van der Waals surface area contributed by atoms with E-state index >= 15 is 0 Å². The molecule has 180 valence electrons. The van der Waals surface area contributed by atoms with Crippen molar-refractivity contribution in [1.82, 2.24) is 20.9 Å². The van der Waals surface area contributed by atoms with Gasteiger partial charge in [-0.05, 0) is 37.7 Å². The van der Waals surface area contributed by atoms with E-state index in [4.69, 9.17) is 0 Å². The van der Waals surface area contributed by atoms with Gasteiger partial charge in [0.25, 0.3) is 0 Å². The second-order valence-electron chi connectivity index (χ2n) is 9.26. The lowest BCUT2D eigenvalue weighted by Crippen LogP contribution is -2.55. The van der Waals surface area contributed by atoms with E-state index < -0.39 is 12.1 Å². The highest BCUT2D eigenvalue weighted by atomic mass is 32.1. The molecule has 0 aliphatic heterocycles. The molecule has 0 fully saturated rings. The SMILES string of the molecule is CC(C)=CCNC(Cc1ccccc1)C(=O)NC(C(=O)NC(c1nccs1)C(C)C)C(C)C. The Kier molecular flexibility index (Phi) is 10.7. The van der Waals surface area contributed by atoms with Gasteiger partial charge in [0.2, 0.25) is 11.8 Å². The molecule has 0 saturated carbocycles. The molecule has 0 saturated heterocycles. The molecule has 0 aliphatic rings. The number of amides is 2. The molecule has 33 heavy (non-hydrogen) atoms. The molecule has 1 aromatic heterocycles. The van der Waals surface area contributed by atoms with Crippen LogP contribution in [-0.4, -0.2) is 35.4 Å². The van der Waals surface area contributed by atoms with E-state index in [-0.39, 0.29) is 29.7 Å². The fraction of sp³-hybridized carbons (Fsp3) is 0.500. The zero-order chi connectivity index (χ0) is 24.4. The summed E-state index contributed by atoms with van der Waals surface area (Å²) in [5.41, 5.74) is 2.25.